The van der Waals surface area contributed by atoms with E-state index in [4.69, 9.17) is 9.52 Å². The van der Waals surface area contributed by atoms with E-state index >= 15 is 0 Å². The van der Waals surface area contributed by atoms with Crippen molar-refractivity contribution in [2.24, 2.45) is 5.92 Å². The van der Waals surface area contributed by atoms with Gasteiger partial charge in [-0.2, -0.15) is 0 Å². The number of furan rings is 1. The molecule has 0 atom stereocenters. The quantitative estimate of drug-likeness (QED) is 0.755. The topological polar surface area (TPSA) is 108 Å². The third-order valence-corrected chi connectivity index (χ3v) is 4.68. The van der Waals surface area contributed by atoms with Crippen molar-refractivity contribution in [2.45, 2.75) is 25.4 Å². The fraction of sp³-hybridized carbons (Fsp3) is 0.571. The minimum absolute atomic E-state index is 0.0306. The van der Waals surface area contributed by atoms with Gasteiger partial charge < -0.3 is 14.4 Å². The van der Waals surface area contributed by atoms with Crippen LogP contribution >= 0.6 is 0 Å². The smallest absolute Gasteiger partial charge is 0.305 e. The molecule has 0 aliphatic carbocycles. The molecule has 0 aliphatic heterocycles. The van der Waals surface area contributed by atoms with Crippen LogP contribution in [-0.4, -0.2) is 61.8 Å². The number of sulfonamides is 1. The first-order valence-corrected chi connectivity index (χ1v) is 8.53. The molecule has 0 aromatic carbocycles. The molecule has 9 heteroatoms. The maximum absolute atomic E-state index is 12.4. The van der Waals surface area contributed by atoms with Crippen molar-refractivity contribution in [1.29, 1.82) is 0 Å². The van der Waals surface area contributed by atoms with Crippen molar-refractivity contribution >= 4 is 21.9 Å². The van der Waals surface area contributed by atoms with Crippen LogP contribution < -0.4 is 0 Å². The number of carboxylic acid groups (broad SMARTS) is 1. The van der Waals surface area contributed by atoms with E-state index in [1.165, 1.54) is 31.1 Å². The maximum atomic E-state index is 12.4. The highest BCUT2D eigenvalue weighted by molar-refractivity contribution is 7.88. The summed E-state index contributed by atoms with van der Waals surface area (Å²) in [5, 5.41) is 8.45. The second kappa shape index (κ2) is 7.60. The van der Waals surface area contributed by atoms with Crippen molar-refractivity contribution in [3.8, 4) is 0 Å². The molecule has 0 saturated carbocycles. The van der Waals surface area contributed by atoms with Gasteiger partial charge in [0.05, 0.1) is 6.42 Å². The molecule has 8 nitrogen and oxygen atoms in total. The van der Waals surface area contributed by atoms with E-state index < -0.39 is 21.9 Å². The number of carboxylic acids is 1. The van der Waals surface area contributed by atoms with Gasteiger partial charge in [-0.15, -0.1) is 0 Å². The van der Waals surface area contributed by atoms with Gasteiger partial charge in [-0.1, -0.05) is 13.8 Å². The number of carbonyl (C=O) groups is 2. The van der Waals surface area contributed by atoms with E-state index in [0.717, 1.165) is 4.31 Å². The molecule has 0 spiro atoms. The monoisotopic (exact) mass is 346 g/mol. The number of carbonyl (C=O) groups excluding carboxylic acids is 1. The molecular formula is C14H22N2O6S. The number of hydrogen-bond donors (Lipinski definition) is 1. The van der Waals surface area contributed by atoms with Crippen molar-refractivity contribution in [1.82, 2.24) is 9.21 Å². The Balaban J connectivity index is 3.00. The van der Waals surface area contributed by atoms with Crippen molar-refractivity contribution in [3.05, 3.63) is 17.9 Å². The van der Waals surface area contributed by atoms with E-state index in [-0.39, 0.29) is 29.7 Å². The SMILES string of the molecule is CC(C)CN(CCC(=O)O)C(=O)c1ccc(S(=O)(=O)N(C)C)o1. The van der Waals surface area contributed by atoms with Crippen molar-refractivity contribution in [2.75, 3.05) is 27.2 Å². The van der Waals surface area contributed by atoms with Gasteiger partial charge in [-0.25, -0.2) is 12.7 Å². The van der Waals surface area contributed by atoms with E-state index in [0.29, 0.717) is 6.54 Å². The highest BCUT2D eigenvalue weighted by atomic mass is 32.2. The van der Waals surface area contributed by atoms with Crippen LogP contribution in [0.2, 0.25) is 0 Å². The van der Waals surface area contributed by atoms with Gasteiger partial charge in [0.25, 0.3) is 15.9 Å². The average molecular weight is 346 g/mol. The standard InChI is InChI=1S/C14H22N2O6S/c1-10(2)9-16(8-7-12(17)18)14(19)11-5-6-13(22-11)23(20,21)15(3)4/h5-6,10H,7-9H2,1-4H3,(H,17,18). The number of rotatable bonds is 8. The Labute approximate surface area is 135 Å². The van der Waals surface area contributed by atoms with Crippen LogP contribution in [0, 0.1) is 5.92 Å². The summed E-state index contributed by atoms with van der Waals surface area (Å²) in [6.45, 7) is 4.17. The predicted molar refractivity (Wildman–Crippen MR) is 82.6 cm³/mol. The third kappa shape index (κ3) is 5.07. The Morgan fingerprint density at radius 2 is 1.87 bits per heavy atom. The van der Waals surface area contributed by atoms with Gasteiger partial charge in [-0.05, 0) is 18.1 Å². The summed E-state index contributed by atoms with van der Waals surface area (Å²) in [5.74, 6) is -1.54. The fourth-order valence-electron chi connectivity index (χ4n) is 1.86. The van der Waals surface area contributed by atoms with Gasteiger partial charge in [-0.3, -0.25) is 9.59 Å². The van der Waals surface area contributed by atoms with Gasteiger partial charge in [0, 0.05) is 27.2 Å². The molecule has 0 fully saturated rings. The molecular weight excluding hydrogens is 324 g/mol. The highest BCUT2D eigenvalue weighted by Gasteiger charge is 2.26. The Bertz CT molecular complexity index is 663. The van der Waals surface area contributed by atoms with Crippen LogP contribution in [0.5, 0.6) is 0 Å². The second-order valence-corrected chi connectivity index (χ2v) is 7.78. The first kappa shape index (κ1) is 19.2. The lowest BCUT2D eigenvalue weighted by molar-refractivity contribution is -0.137. The zero-order valence-corrected chi connectivity index (χ0v) is 14.5. The van der Waals surface area contributed by atoms with Crippen LogP contribution in [0.3, 0.4) is 0 Å². The molecule has 1 aromatic rings. The van der Waals surface area contributed by atoms with E-state index in [9.17, 15) is 18.0 Å². The lowest BCUT2D eigenvalue weighted by Gasteiger charge is -2.22. The van der Waals surface area contributed by atoms with E-state index in [1.807, 2.05) is 13.8 Å². The normalized spacial score (nSPS) is 11.9. The molecule has 1 rings (SSSR count). The molecule has 0 aliphatic rings. The summed E-state index contributed by atoms with van der Waals surface area (Å²) in [7, 11) is -1.05. The first-order valence-electron chi connectivity index (χ1n) is 7.09. The number of amides is 1. The number of aliphatic carboxylic acids is 1. The molecule has 1 aromatic heterocycles. The Morgan fingerprint density at radius 1 is 1.26 bits per heavy atom. The predicted octanol–water partition coefficient (Wildman–Crippen LogP) is 1.10. The van der Waals surface area contributed by atoms with Crippen molar-refractivity contribution < 1.29 is 27.5 Å². The van der Waals surface area contributed by atoms with Gasteiger partial charge in [0.1, 0.15) is 0 Å². The van der Waals surface area contributed by atoms with E-state index in [2.05, 4.69) is 0 Å². The Morgan fingerprint density at radius 3 is 2.35 bits per heavy atom. The second-order valence-electron chi connectivity index (χ2n) is 5.69. The summed E-state index contributed by atoms with van der Waals surface area (Å²) in [6, 6.07) is 2.50. The maximum Gasteiger partial charge on any atom is 0.305 e. The van der Waals surface area contributed by atoms with Crippen LogP contribution in [-0.2, 0) is 14.8 Å². The molecule has 0 radical (unpaired) electrons. The third-order valence-electron chi connectivity index (χ3n) is 3.00. The lowest BCUT2D eigenvalue weighted by atomic mass is 10.2. The number of hydrogen-bond acceptors (Lipinski definition) is 5. The van der Waals surface area contributed by atoms with Gasteiger partial charge in [0.15, 0.2) is 5.76 Å². The fourth-order valence-corrected chi connectivity index (χ4v) is 2.65. The van der Waals surface area contributed by atoms with Crippen LogP contribution in [0.1, 0.15) is 30.8 Å². The summed E-state index contributed by atoms with van der Waals surface area (Å²) in [4.78, 5) is 24.5. The summed E-state index contributed by atoms with van der Waals surface area (Å²) < 4.78 is 30.1. The van der Waals surface area contributed by atoms with Crippen molar-refractivity contribution in [3.63, 3.8) is 0 Å². The minimum atomic E-state index is -3.76. The molecule has 0 saturated heterocycles. The van der Waals surface area contributed by atoms with Crippen LogP contribution in [0.15, 0.2) is 21.6 Å². The molecule has 1 N–H and O–H groups in total. The lowest BCUT2D eigenvalue weighted by Crippen LogP contribution is -2.35. The van der Waals surface area contributed by atoms with Crippen LogP contribution in [0.25, 0.3) is 0 Å². The van der Waals surface area contributed by atoms with Crippen LogP contribution in [0.4, 0.5) is 0 Å². The summed E-state index contributed by atoms with van der Waals surface area (Å²) in [6.07, 6.45) is -0.192. The zero-order valence-electron chi connectivity index (χ0n) is 13.6. The molecule has 1 amide bonds. The minimum Gasteiger partial charge on any atom is -0.481 e. The molecule has 130 valence electrons. The molecule has 1 heterocycles. The molecule has 23 heavy (non-hydrogen) atoms. The number of nitrogens with zero attached hydrogens (tertiary/aromatic N) is 2. The van der Waals surface area contributed by atoms with Gasteiger partial charge in [0.2, 0.25) is 5.09 Å². The molecule has 0 unspecified atom stereocenters. The zero-order chi connectivity index (χ0) is 17.8. The Kier molecular flexibility index (Phi) is 6.34. The first-order chi connectivity index (χ1) is 10.6. The highest BCUT2D eigenvalue weighted by Crippen LogP contribution is 2.18. The summed E-state index contributed by atoms with van der Waals surface area (Å²) >= 11 is 0. The van der Waals surface area contributed by atoms with E-state index in [1.54, 1.807) is 0 Å². The largest absolute Gasteiger partial charge is 0.481 e. The molecule has 0 bridgehead atoms. The average Bonchev–Trinajstić information content (AvgIpc) is 2.92. The Hall–Kier alpha value is -1.87. The van der Waals surface area contributed by atoms with Gasteiger partial charge >= 0.3 is 5.97 Å². The summed E-state index contributed by atoms with van der Waals surface area (Å²) in [5.41, 5.74) is 0.